The summed E-state index contributed by atoms with van der Waals surface area (Å²) < 4.78 is 28.7. The van der Waals surface area contributed by atoms with Crippen LogP contribution in [0.3, 0.4) is 0 Å². The Bertz CT molecular complexity index is 1030. The molecule has 0 aliphatic rings. The van der Waals surface area contributed by atoms with Gasteiger partial charge < -0.3 is 0 Å². The summed E-state index contributed by atoms with van der Waals surface area (Å²) in [5, 5.41) is 0. The Hall–Kier alpha value is -1.48. The van der Waals surface area contributed by atoms with Gasteiger partial charge in [0.2, 0.25) is 0 Å². The molecule has 0 spiro atoms. The van der Waals surface area contributed by atoms with E-state index in [2.05, 4.69) is 31.9 Å². The highest BCUT2D eigenvalue weighted by atomic mass is 79.9. The van der Waals surface area contributed by atoms with Crippen molar-refractivity contribution in [3.8, 4) is 0 Å². The van der Waals surface area contributed by atoms with Gasteiger partial charge in [-0.1, -0.05) is 35.9 Å². The Kier molecular flexibility index (Phi) is 5.67. The van der Waals surface area contributed by atoms with Gasteiger partial charge >= 0.3 is 0 Å². The number of sulfonamides is 1. The molecule has 4 nitrogen and oxygen atoms in total. The van der Waals surface area contributed by atoms with Crippen molar-refractivity contribution in [2.75, 3.05) is 4.31 Å². The quantitative estimate of drug-likeness (QED) is 0.454. The molecule has 2 aromatic carbocycles. The lowest BCUT2D eigenvalue weighted by molar-refractivity contribution is 0.101. The first-order valence-corrected chi connectivity index (χ1v) is 11.3. The minimum atomic E-state index is -4.06. The second-order valence-corrected chi connectivity index (χ2v) is 10.5. The molecule has 1 amide bonds. The number of halogens is 2. The largest absolute Gasteiger partial charge is 0.282 e. The van der Waals surface area contributed by atoms with Crippen LogP contribution in [0.5, 0.6) is 0 Å². The number of benzene rings is 2. The number of hydrogen-bond donors (Lipinski definition) is 0. The number of thiophene rings is 1. The van der Waals surface area contributed by atoms with Crippen LogP contribution in [0.15, 0.2) is 73.8 Å². The maximum atomic E-state index is 13.2. The van der Waals surface area contributed by atoms with Crippen molar-refractivity contribution < 1.29 is 13.2 Å². The van der Waals surface area contributed by atoms with Gasteiger partial charge in [0.05, 0.1) is 19.2 Å². The number of anilines is 1. The zero-order valence-electron chi connectivity index (χ0n) is 13.5. The fourth-order valence-electron chi connectivity index (χ4n) is 2.30. The molecular weight excluding hydrogens is 502 g/mol. The summed E-state index contributed by atoms with van der Waals surface area (Å²) >= 11 is 7.86. The summed E-state index contributed by atoms with van der Waals surface area (Å²) in [6.07, 6.45) is 0. The third-order valence-electron chi connectivity index (χ3n) is 3.59. The van der Waals surface area contributed by atoms with E-state index in [1.54, 1.807) is 48.5 Å². The number of aryl methyl sites for hydroxylation is 1. The van der Waals surface area contributed by atoms with Gasteiger partial charge in [-0.15, -0.1) is 11.3 Å². The smallest absolute Gasteiger partial charge is 0.267 e. The maximum absolute atomic E-state index is 13.2. The average Bonchev–Trinajstić information content (AvgIpc) is 2.96. The van der Waals surface area contributed by atoms with Crippen LogP contribution in [0, 0.1) is 6.92 Å². The summed E-state index contributed by atoms with van der Waals surface area (Å²) in [4.78, 5) is 13.5. The zero-order chi connectivity index (χ0) is 18.9. The lowest BCUT2D eigenvalue weighted by atomic mass is 10.2. The van der Waals surface area contributed by atoms with Gasteiger partial charge in [-0.05, 0) is 69.1 Å². The molecule has 0 saturated carbocycles. The van der Waals surface area contributed by atoms with Crippen molar-refractivity contribution in [2.45, 2.75) is 11.8 Å². The van der Waals surface area contributed by atoms with Crippen LogP contribution in [0.1, 0.15) is 15.2 Å². The van der Waals surface area contributed by atoms with E-state index in [1.165, 1.54) is 23.5 Å². The molecule has 0 saturated heterocycles. The fraction of sp³-hybridized carbons (Fsp3) is 0.0556. The third-order valence-corrected chi connectivity index (χ3v) is 8.56. The Labute approximate surface area is 172 Å². The Morgan fingerprint density at radius 3 is 2.15 bits per heavy atom. The van der Waals surface area contributed by atoms with Crippen LogP contribution < -0.4 is 4.31 Å². The van der Waals surface area contributed by atoms with Crippen molar-refractivity contribution in [3.63, 3.8) is 0 Å². The molecule has 3 rings (SSSR count). The standard InChI is InChI=1S/C18H13Br2NO3S2/c1-12-7-9-13(10-8-12)21(18(22)16-11-15(19)17(20)25-16)26(23,24)14-5-3-2-4-6-14/h2-11H,1H3. The predicted octanol–water partition coefficient (Wildman–Crippen LogP) is 5.62. The van der Waals surface area contributed by atoms with Crippen molar-refractivity contribution in [1.82, 2.24) is 0 Å². The lowest BCUT2D eigenvalue weighted by Gasteiger charge is -2.22. The molecular formula is C18H13Br2NO3S2. The molecule has 1 heterocycles. The number of nitrogens with zero attached hydrogens (tertiary/aromatic N) is 1. The summed E-state index contributed by atoms with van der Waals surface area (Å²) in [6, 6.07) is 16.4. The van der Waals surface area contributed by atoms with Crippen LogP contribution in [-0.2, 0) is 10.0 Å². The molecule has 0 radical (unpaired) electrons. The van der Waals surface area contributed by atoms with Crippen molar-refractivity contribution >= 4 is 64.8 Å². The average molecular weight is 515 g/mol. The Balaban J connectivity index is 2.16. The van der Waals surface area contributed by atoms with Gasteiger partial charge in [-0.3, -0.25) is 4.79 Å². The van der Waals surface area contributed by atoms with Crippen molar-refractivity contribution in [1.29, 1.82) is 0 Å². The van der Waals surface area contributed by atoms with E-state index in [0.29, 0.717) is 15.0 Å². The van der Waals surface area contributed by atoms with Crippen LogP contribution in [0.2, 0.25) is 0 Å². The first-order valence-electron chi connectivity index (χ1n) is 7.47. The number of carbonyl (C=O) groups is 1. The van der Waals surface area contributed by atoms with Crippen LogP contribution in [0.25, 0.3) is 0 Å². The van der Waals surface area contributed by atoms with Gasteiger partial charge in [-0.25, -0.2) is 8.42 Å². The fourth-order valence-corrected chi connectivity index (χ4v) is 5.75. The molecule has 8 heteroatoms. The Morgan fingerprint density at radius 2 is 1.62 bits per heavy atom. The van der Waals surface area contributed by atoms with Gasteiger partial charge in [0.1, 0.15) is 0 Å². The van der Waals surface area contributed by atoms with E-state index >= 15 is 0 Å². The minimum absolute atomic E-state index is 0.0589. The third kappa shape index (κ3) is 3.78. The molecule has 0 aliphatic heterocycles. The van der Waals surface area contributed by atoms with E-state index in [0.717, 1.165) is 13.7 Å². The van der Waals surface area contributed by atoms with Crippen molar-refractivity contribution in [2.24, 2.45) is 0 Å². The molecule has 0 aliphatic carbocycles. The van der Waals surface area contributed by atoms with E-state index < -0.39 is 15.9 Å². The molecule has 3 aromatic rings. The molecule has 0 unspecified atom stereocenters. The zero-order valence-corrected chi connectivity index (χ0v) is 18.3. The van der Waals surface area contributed by atoms with Gasteiger partial charge in [0.25, 0.3) is 15.9 Å². The number of carbonyl (C=O) groups excluding carboxylic acids is 1. The number of hydrogen-bond acceptors (Lipinski definition) is 4. The monoisotopic (exact) mass is 513 g/mol. The molecule has 134 valence electrons. The first-order chi connectivity index (χ1) is 12.3. The van der Waals surface area contributed by atoms with E-state index in [4.69, 9.17) is 0 Å². The van der Waals surface area contributed by atoms with Crippen LogP contribution in [0.4, 0.5) is 5.69 Å². The highest BCUT2D eigenvalue weighted by molar-refractivity contribution is 9.13. The molecule has 0 atom stereocenters. The van der Waals surface area contributed by atoms with E-state index in [1.807, 2.05) is 6.92 Å². The highest BCUT2D eigenvalue weighted by Gasteiger charge is 2.32. The normalized spacial score (nSPS) is 11.3. The molecule has 26 heavy (non-hydrogen) atoms. The molecule has 0 fully saturated rings. The predicted molar refractivity (Wildman–Crippen MR) is 111 cm³/mol. The molecule has 0 bridgehead atoms. The van der Waals surface area contributed by atoms with Crippen LogP contribution >= 0.6 is 43.2 Å². The molecule has 1 aromatic heterocycles. The summed E-state index contributed by atoms with van der Waals surface area (Å²) in [5.74, 6) is -0.603. The van der Waals surface area contributed by atoms with Crippen molar-refractivity contribution in [3.05, 3.63) is 79.4 Å². The number of rotatable bonds is 4. The van der Waals surface area contributed by atoms with Gasteiger partial charge in [0, 0.05) is 4.47 Å². The maximum Gasteiger partial charge on any atom is 0.282 e. The lowest BCUT2D eigenvalue weighted by Crippen LogP contribution is -2.36. The second-order valence-electron chi connectivity index (χ2n) is 5.46. The summed E-state index contributed by atoms with van der Waals surface area (Å²) in [6.45, 7) is 1.90. The van der Waals surface area contributed by atoms with Crippen LogP contribution in [-0.4, -0.2) is 14.3 Å². The van der Waals surface area contributed by atoms with E-state index in [9.17, 15) is 13.2 Å². The summed E-state index contributed by atoms with van der Waals surface area (Å²) in [5.41, 5.74) is 1.27. The highest BCUT2D eigenvalue weighted by Crippen LogP contribution is 2.35. The number of amides is 1. The minimum Gasteiger partial charge on any atom is -0.267 e. The first kappa shape index (κ1) is 19.3. The Morgan fingerprint density at radius 1 is 1.00 bits per heavy atom. The summed E-state index contributed by atoms with van der Waals surface area (Å²) in [7, 11) is -4.06. The SMILES string of the molecule is Cc1ccc(N(C(=O)c2cc(Br)c(Br)s2)S(=O)(=O)c2ccccc2)cc1. The molecule has 0 N–H and O–H groups in total. The van der Waals surface area contributed by atoms with Gasteiger partial charge in [0.15, 0.2) is 0 Å². The van der Waals surface area contributed by atoms with E-state index in [-0.39, 0.29) is 4.90 Å². The topological polar surface area (TPSA) is 54.5 Å². The second kappa shape index (κ2) is 7.64. The van der Waals surface area contributed by atoms with Gasteiger partial charge in [-0.2, -0.15) is 4.31 Å².